The average molecular weight is 209 g/mol. The SMILES string of the molecule is CC.CCCCN(CCC)CC(F)F. The first-order valence-electron chi connectivity index (χ1n) is 5.71. The van der Waals surface area contributed by atoms with Gasteiger partial charge < -0.3 is 0 Å². The molecule has 0 aromatic carbocycles. The second-order valence-electron chi connectivity index (χ2n) is 3.05. The van der Waals surface area contributed by atoms with E-state index in [2.05, 4.69) is 6.92 Å². The van der Waals surface area contributed by atoms with E-state index in [1.54, 1.807) is 0 Å². The topological polar surface area (TPSA) is 3.24 Å². The van der Waals surface area contributed by atoms with Crippen molar-refractivity contribution in [1.29, 1.82) is 0 Å². The van der Waals surface area contributed by atoms with Gasteiger partial charge in [0.1, 0.15) is 0 Å². The van der Waals surface area contributed by atoms with Gasteiger partial charge in [0, 0.05) is 0 Å². The minimum absolute atomic E-state index is 0.0617. The van der Waals surface area contributed by atoms with Crippen molar-refractivity contribution in [2.75, 3.05) is 19.6 Å². The molecular formula is C11H25F2N. The minimum Gasteiger partial charge on any atom is -0.298 e. The van der Waals surface area contributed by atoms with Gasteiger partial charge in [-0.2, -0.15) is 0 Å². The number of hydrogen-bond donors (Lipinski definition) is 0. The van der Waals surface area contributed by atoms with Crippen LogP contribution in [0.25, 0.3) is 0 Å². The van der Waals surface area contributed by atoms with Gasteiger partial charge in [0.2, 0.25) is 0 Å². The maximum absolute atomic E-state index is 12.0. The Morgan fingerprint density at radius 2 is 1.57 bits per heavy atom. The van der Waals surface area contributed by atoms with Crippen LogP contribution in [0.1, 0.15) is 47.0 Å². The fourth-order valence-corrected chi connectivity index (χ4v) is 1.19. The summed E-state index contributed by atoms with van der Waals surface area (Å²) in [4.78, 5) is 1.84. The fourth-order valence-electron chi connectivity index (χ4n) is 1.19. The fraction of sp³-hybridized carbons (Fsp3) is 1.00. The molecular weight excluding hydrogens is 184 g/mol. The molecule has 0 saturated heterocycles. The summed E-state index contributed by atoms with van der Waals surface area (Å²) in [6.45, 7) is 9.64. The van der Waals surface area contributed by atoms with E-state index in [0.29, 0.717) is 0 Å². The van der Waals surface area contributed by atoms with E-state index in [-0.39, 0.29) is 6.54 Å². The average Bonchev–Trinajstić information content (AvgIpc) is 2.17. The quantitative estimate of drug-likeness (QED) is 0.616. The highest BCUT2D eigenvalue weighted by atomic mass is 19.3. The van der Waals surface area contributed by atoms with Crippen LogP contribution >= 0.6 is 0 Å². The molecule has 0 aliphatic heterocycles. The lowest BCUT2D eigenvalue weighted by molar-refractivity contribution is 0.0875. The summed E-state index contributed by atoms with van der Waals surface area (Å²) in [5, 5.41) is 0. The number of unbranched alkanes of at least 4 members (excludes halogenated alkanes) is 1. The second kappa shape index (κ2) is 12.8. The van der Waals surface area contributed by atoms with Gasteiger partial charge in [0.05, 0.1) is 6.54 Å². The van der Waals surface area contributed by atoms with Crippen molar-refractivity contribution in [3.63, 3.8) is 0 Å². The maximum Gasteiger partial charge on any atom is 0.251 e. The van der Waals surface area contributed by atoms with Gasteiger partial charge >= 0.3 is 0 Å². The summed E-state index contributed by atoms with van der Waals surface area (Å²) in [6.07, 6.45) is 0.862. The van der Waals surface area contributed by atoms with E-state index in [1.165, 1.54) is 0 Å². The predicted octanol–water partition coefficient (Wildman–Crippen LogP) is 3.79. The second-order valence-corrected chi connectivity index (χ2v) is 3.05. The molecule has 0 heterocycles. The molecule has 88 valence electrons. The first-order valence-corrected chi connectivity index (χ1v) is 5.71. The Kier molecular flexibility index (Phi) is 14.9. The van der Waals surface area contributed by atoms with E-state index < -0.39 is 6.43 Å². The van der Waals surface area contributed by atoms with Crippen LogP contribution in [0.5, 0.6) is 0 Å². The molecule has 0 unspecified atom stereocenters. The largest absolute Gasteiger partial charge is 0.298 e. The lowest BCUT2D eigenvalue weighted by Gasteiger charge is -2.20. The van der Waals surface area contributed by atoms with Crippen LogP contribution in [0.4, 0.5) is 8.78 Å². The molecule has 3 heteroatoms. The molecule has 0 fully saturated rings. The van der Waals surface area contributed by atoms with Gasteiger partial charge in [-0.3, -0.25) is 4.90 Å². The number of alkyl halides is 2. The van der Waals surface area contributed by atoms with Gasteiger partial charge in [-0.15, -0.1) is 0 Å². The highest BCUT2D eigenvalue weighted by molar-refractivity contribution is 4.57. The van der Waals surface area contributed by atoms with Gasteiger partial charge in [0.15, 0.2) is 0 Å². The normalized spacial score (nSPS) is 10.3. The van der Waals surface area contributed by atoms with Gasteiger partial charge in [0.25, 0.3) is 6.43 Å². The van der Waals surface area contributed by atoms with E-state index in [1.807, 2.05) is 25.7 Å². The molecule has 0 aliphatic carbocycles. The smallest absolute Gasteiger partial charge is 0.251 e. The van der Waals surface area contributed by atoms with Crippen LogP contribution in [0.15, 0.2) is 0 Å². The van der Waals surface area contributed by atoms with Crippen LogP contribution in [0, 0.1) is 0 Å². The first-order chi connectivity index (χ1) is 6.70. The molecule has 0 spiro atoms. The predicted molar refractivity (Wildman–Crippen MR) is 59.0 cm³/mol. The summed E-state index contributed by atoms with van der Waals surface area (Å²) in [7, 11) is 0. The van der Waals surface area contributed by atoms with Gasteiger partial charge in [-0.1, -0.05) is 34.1 Å². The third kappa shape index (κ3) is 11.8. The van der Waals surface area contributed by atoms with Crippen molar-refractivity contribution in [3.05, 3.63) is 0 Å². The maximum atomic E-state index is 12.0. The molecule has 0 saturated carbocycles. The molecule has 0 N–H and O–H groups in total. The zero-order chi connectivity index (χ0) is 11.4. The first kappa shape index (κ1) is 16.3. The lowest BCUT2D eigenvalue weighted by atomic mass is 10.3. The summed E-state index contributed by atoms with van der Waals surface area (Å²) in [5.41, 5.74) is 0. The Morgan fingerprint density at radius 1 is 1.00 bits per heavy atom. The molecule has 1 nitrogen and oxygen atoms in total. The molecule has 0 bridgehead atoms. The molecule has 0 atom stereocenters. The summed E-state index contributed by atoms with van der Waals surface area (Å²) in [6, 6.07) is 0. The van der Waals surface area contributed by atoms with Crippen LogP contribution in [-0.4, -0.2) is 31.0 Å². The summed E-state index contributed by atoms with van der Waals surface area (Å²) >= 11 is 0. The third-order valence-corrected chi connectivity index (χ3v) is 1.76. The Hall–Kier alpha value is -0.180. The zero-order valence-corrected chi connectivity index (χ0v) is 10.0. The van der Waals surface area contributed by atoms with Crippen molar-refractivity contribution < 1.29 is 8.78 Å². The highest BCUT2D eigenvalue weighted by Gasteiger charge is 2.09. The monoisotopic (exact) mass is 209 g/mol. The molecule has 0 amide bonds. The van der Waals surface area contributed by atoms with Crippen LogP contribution in [0.2, 0.25) is 0 Å². The molecule has 0 rings (SSSR count). The van der Waals surface area contributed by atoms with Crippen LogP contribution in [-0.2, 0) is 0 Å². The number of rotatable bonds is 7. The van der Waals surface area contributed by atoms with Crippen molar-refractivity contribution in [2.45, 2.75) is 53.4 Å². The summed E-state index contributed by atoms with van der Waals surface area (Å²) < 4.78 is 24.0. The lowest BCUT2D eigenvalue weighted by Crippen LogP contribution is -2.30. The number of nitrogens with zero attached hydrogens (tertiary/aromatic N) is 1. The van der Waals surface area contributed by atoms with E-state index >= 15 is 0 Å². The molecule has 14 heavy (non-hydrogen) atoms. The van der Waals surface area contributed by atoms with Gasteiger partial charge in [-0.05, 0) is 25.9 Å². The molecule has 0 aromatic heterocycles. The van der Waals surface area contributed by atoms with E-state index in [0.717, 1.165) is 32.4 Å². The van der Waals surface area contributed by atoms with Crippen LogP contribution < -0.4 is 0 Å². The standard InChI is InChI=1S/C9H19F2N.C2H6/c1-3-5-7-12(6-4-2)8-9(10)11;1-2/h9H,3-8H2,1-2H3;1-2H3. The molecule has 0 aromatic rings. The van der Waals surface area contributed by atoms with Crippen molar-refractivity contribution in [2.24, 2.45) is 0 Å². The van der Waals surface area contributed by atoms with Crippen LogP contribution in [0.3, 0.4) is 0 Å². The Morgan fingerprint density at radius 3 is 1.93 bits per heavy atom. The van der Waals surface area contributed by atoms with E-state index in [9.17, 15) is 8.78 Å². The minimum atomic E-state index is -2.19. The zero-order valence-electron chi connectivity index (χ0n) is 10.0. The van der Waals surface area contributed by atoms with Crippen molar-refractivity contribution in [3.8, 4) is 0 Å². The van der Waals surface area contributed by atoms with E-state index in [4.69, 9.17) is 0 Å². The van der Waals surface area contributed by atoms with Crippen molar-refractivity contribution >= 4 is 0 Å². The van der Waals surface area contributed by atoms with Gasteiger partial charge in [-0.25, -0.2) is 8.78 Å². The molecule has 0 aliphatic rings. The number of halogens is 2. The highest BCUT2D eigenvalue weighted by Crippen LogP contribution is 2.01. The number of hydrogen-bond acceptors (Lipinski definition) is 1. The summed E-state index contributed by atoms with van der Waals surface area (Å²) in [5.74, 6) is 0. The Labute approximate surface area is 87.5 Å². The molecule has 0 radical (unpaired) electrons. The van der Waals surface area contributed by atoms with Crippen molar-refractivity contribution in [1.82, 2.24) is 4.90 Å². The third-order valence-electron chi connectivity index (χ3n) is 1.76. The Balaban J connectivity index is 0. The Bertz CT molecular complexity index is 97.3.